The molecule has 0 aliphatic rings. The molecule has 0 aromatic rings. The molecule has 0 unspecified atom stereocenters. The molecule has 0 atom stereocenters. The molecule has 0 aromatic heterocycles. The Balaban J connectivity index is -0.0000000177. The Kier molecular flexibility index (Phi) is 73.5. The van der Waals surface area contributed by atoms with Crippen molar-refractivity contribution in [3.8, 4) is 0 Å². The maximum absolute atomic E-state index is 8.55. The molecule has 0 heterocycles. The van der Waals surface area contributed by atoms with Crippen molar-refractivity contribution in [1.82, 2.24) is 0 Å². The van der Waals surface area contributed by atoms with Crippen LogP contribution in [-0.4, -0.2) is 11.0 Å². The third-order valence-electron chi connectivity index (χ3n) is 0. The van der Waals surface area contributed by atoms with Gasteiger partial charge >= 0.3 is 63.1 Å². The first-order chi connectivity index (χ1) is 7.00. The second-order valence-corrected chi connectivity index (χ2v) is 2.68. The summed E-state index contributed by atoms with van der Waals surface area (Å²) in [7, 11) is -10.8. The van der Waals surface area contributed by atoms with Crippen molar-refractivity contribution in [2.45, 2.75) is 0 Å². The molecular weight excluding hydrogens is 423 g/mol. The summed E-state index contributed by atoms with van der Waals surface area (Å²) in [6.07, 6.45) is 0. The van der Waals surface area contributed by atoms with Gasteiger partial charge in [0.25, 0.3) is 0 Å². The van der Waals surface area contributed by atoms with Gasteiger partial charge in [-0.1, -0.05) is 0 Å². The number of rotatable bonds is 0. The van der Waals surface area contributed by atoms with E-state index in [4.69, 9.17) is 49.5 Å². The molecule has 0 saturated carbocycles. The SMILES string of the molecule is O.O.O=P([O-])([O-])[O-].O=P([O-])([O-])[O-].[O]=[V+2].[O]=[V+2].[O]=[V+2]. The predicted octanol–water partition coefficient (Wildman–Crippen LogP) is -7.66. The second-order valence-electron chi connectivity index (χ2n) is 0.894. The van der Waals surface area contributed by atoms with Crippen LogP contribution in [0.4, 0.5) is 0 Å². The molecule has 0 fully saturated rings. The minimum atomic E-state index is -5.39. The van der Waals surface area contributed by atoms with Crippen LogP contribution in [-0.2, 0) is 72.3 Å². The van der Waals surface area contributed by atoms with Crippen molar-refractivity contribution in [3.05, 3.63) is 0 Å². The van der Waals surface area contributed by atoms with Gasteiger partial charge in [-0.25, -0.2) is 0 Å². The van der Waals surface area contributed by atoms with Crippen LogP contribution in [0.3, 0.4) is 0 Å². The van der Waals surface area contributed by atoms with E-state index in [0.717, 1.165) is 52.1 Å². The fourth-order valence-corrected chi connectivity index (χ4v) is 0. The summed E-state index contributed by atoms with van der Waals surface area (Å²) in [6, 6.07) is 0. The number of hydrogen-bond donors (Lipinski definition) is 0. The van der Waals surface area contributed by atoms with Gasteiger partial charge in [0, 0.05) is 0 Å². The molecule has 0 aromatic carbocycles. The topological polar surface area (TPSA) is 287 Å². The van der Waals surface area contributed by atoms with E-state index < -0.39 is 15.6 Å². The Labute approximate surface area is 128 Å². The van der Waals surface area contributed by atoms with E-state index in [0.29, 0.717) is 0 Å². The van der Waals surface area contributed by atoms with Crippen molar-refractivity contribution >= 4 is 15.6 Å². The summed E-state index contributed by atoms with van der Waals surface area (Å²) in [5, 5.41) is 0. The minimum absolute atomic E-state index is 0. The van der Waals surface area contributed by atoms with E-state index >= 15 is 0 Å². The monoisotopic (exact) mass is 427 g/mol. The normalized spacial score (nSPS) is 7.56. The van der Waals surface area contributed by atoms with Crippen LogP contribution < -0.4 is 29.4 Å². The molecule has 0 radical (unpaired) electrons. The van der Waals surface area contributed by atoms with Gasteiger partial charge in [0.05, 0.1) is 0 Å². The van der Waals surface area contributed by atoms with Gasteiger partial charge < -0.3 is 49.4 Å². The Morgan fingerprint density at radius 3 is 0.500 bits per heavy atom. The van der Waals surface area contributed by atoms with Gasteiger partial charge in [-0.2, -0.15) is 15.6 Å². The fraction of sp³-hybridized carbons (Fsp3) is 0. The molecule has 107 valence electrons. The maximum atomic E-state index is 8.55. The Morgan fingerprint density at radius 2 is 0.500 bits per heavy atom. The molecule has 0 saturated heterocycles. The molecule has 0 aliphatic carbocycles. The molecule has 18 heavy (non-hydrogen) atoms. The van der Waals surface area contributed by atoms with E-state index in [9.17, 15) is 0 Å². The van der Waals surface area contributed by atoms with Gasteiger partial charge in [-0.3, -0.25) is 0 Å². The van der Waals surface area contributed by atoms with Crippen molar-refractivity contribution in [2.75, 3.05) is 0 Å². The molecular formula is H4O13P2V3. The first-order valence-electron chi connectivity index (χ1n) is 2.01. The van der Waals surface area contributed by atoms with Gasteiger partial charge in [0.2, 0.25) is 0 Å². The van der Waals surface area contributed by atoms with Crippen LogP contribution in [0.15, 0.2) is 0 Å². The first-order valence-corrected chi connectivity index (χ1v) is 6.64. The van der Waals surface area contributed by atoms with Crippen LogP contribution >= 0.6 is 15.6 Å². The summed E-state index contributed by atoms with van der Waals surface area (Å²) in [6.45, 7) is 0. The first kappa shape index (κ1) is 42.7. The van der Waals surface area contributed by atoms with Gasteiger partial charge in [0.15, 0.2) is 0 Å². The summed E-state index contributed by atoms with van der Waals surface area (Å²) < 4.78 is 41.7. The summed E-state index contributed by atoms with van der Waals surface area (Å²) in [5.41, 5.74) is 0. The van der Waals surface area contributed by atoms with Crippen LogP contribution in [0.2, 0.25) is 0 Å². The summed E-state index contributed by atoms with van der Waals surface area (Å²) >= 11 is 3.19. The van der Waals surface area contributed by atoms with Crippen LogP contribution in [0.25, 0.3) is 0 Å². The summed E-state index contributed by atoms with van der Waals surface area (Å²) in [5.74, 6) is 0. The molecule has 13 nitrogen and oxygen atoms in total. The standard InChI is InChI=1S/2H3O4P.2H2O.3O.3V/c2*1-5(2,3)4;;;;;;;;/h2*(H3,1,2,3,4);2*1H2;;;;;;/q;;;;;;;3*+2/p-6. The third kappa shape index (κ3) is 2740. The third-order valence-corrected chi connectivity index (χ3v) is 0. The Morgan fingerprint density at radius 1 is 0.500 bits per heavy atom. The van der Waals surface area contributed by atoms with E-state index in [2.05, 4.69) is 0 Å². The average molecular weight is 427 g/mol. The van der Waals surface area contributed by atoms with E-state index in [1.807, 2.05) is 0 Å². The number of phosphoric acid groups is 2. The Hall–Kier alpha value is 1.29. The zero-order valence-corrected chi connectivity index (χ0v) is 13.7. The van der Waals surface area contributed by atoms with Gasteiger partial charge in [-0.15, -0.1) is 0 Å². The number of hydrogen-bond acceptors (Lipinski definition) is 11. The molecule has 0 bridgehead atoms. The second kappa shape index (κ2) is 31.0. The summed E-state index contributed by atoms with van der Waals surface area (Å²) in [4.78, 5) is 51.3. The fourth-order valence-electron chi connectivity index (χ4n) is 0. The van der Waals surface area contributed by atoms with Gasteiger partial charge in [-0.05, 0) is 0 Å². The van der Waals surface area contributed by atoms with Crippen molar-refractivity contribution in [2.24, 2.45) is 0 Å². The molecule has 0 spiro atoms. The van der Waals surface area contributed by atoms with E-state index in [1.54, 1.807) is 0 Å². The quantitative estimate of drug-likeness (QED) is 0.327. The van der Waals surface area contributed by atoms with Crippen molar-refractivity contribution in [1.29, 1.82) is 0 Å². The molecule has 0 aliphatic heterocycles. The van der Waals surface area contributed by atoms with Crippen LogP contribution in [0.5, 0.6) is 0 Å². The zero-order chi connectivity index (χ0) is 15.0. The van der Waals surface area contributed by atoms with Crippen LogP contribution in [0.1, 0.15) is 0 Å². The predicted molar refractivity (Wildman–Crippen MR) is 24.5 cm³/mol. The molecule has 0 amide bonds. The van der Waals surface area contributed by atoms with E-state index in [-0.39, 0.29) is 11.0 Å². The van der Waals surface area contributed by atoms with Gasteiger partial charge in [0.1, 0.15) is 0 Å². The van der Waals surface area contributed by atoms with E-state index in [1.165, 1.54) is 0 Å². The molecule has 0 rings (SSSR count). The molecule has 18 heteroatoms. The Bertz CT molecular complexity index is 163. The van der Waals surface area contributed by atoms with Crippen molar-refractivity contribution < 1.29 is 113 Å². The van der Waals surface area contributed by atoms with Crippen LogP contribution in [0, 0.1) is 0 Å². The average Bonchev–Trinajstić information content (AvgIpc) is 2.08. The van der Waals surface area contributed by atoms with Crippen molar-refractivity contribution in [3.63, 3.8) is 0 Å². The molecule has 4 N–H and O–H groups in total. The zero-order valence-electron chi connectivity index (χ0n) is 7.73.